The van der Waals surface area contributed by atoms with E-state index in [1.165, 1.54) is 19.3 Å². The number of aromatic amines is 1. The number of nitrogens with one attached hydrogen (secondary N) is 2. The summed E-state index contributed by atoms with van der Waals surface area (Å²) in [4.78, 5) is 27.1. The van der Waals surface area contributed by atoms with Crippen LogP contribution in [0.5, 0.6) is 0 Å². The minimum Gasteiger partial charge on any atom is -0.451 e. The highest BCUT2D eigenvalue weighted by Crippen LogP contribution is 2.17. The fourth-order valence-electron chi connectivity index (χ4n) is 3.26. The summed E-state index contributed by atoms with van der Waals surface area (Å²) in [5.41, 5.74) is 1.25. The SMILES string of the molecule is O=C(COC(=O)c1cc2ccccc2[nH]1)NC1CCCCCCC1. The minimum atomic E-state index is -0.501. The Hall–Kier alpha value is -2.30. The van der Waals surface area contributed by atoms with Crippen LogP contribution in [0.3, 0.4) is 0 Å². The molecule has 0 saturated heterocycles. The van der Waals surface area contributed by atoms with E-state index in [1.807, 2.05) is 24.3 Å². The van der Waals surface area contributed by atoms with Gasteiger partial charge < -0.3 is 15.0 Å². The van der Waals surface area contributed by atoms with Crippen LogP contribution < -0.4 is 5.32 Å². The number of benzene rings is 1. The number of fused-ring (bicyclic) bond motifs is 1. The molecule has 1 aromatic heterocycles. The summed E-state index contributed by atoms with van der Waals surface area (Å²) in [7, 11) is 0. The number of amides is 1. The number of rotatable bonds is 4. The number of hydrogen-bond acceptors (Lipinski definition) is 3. The van der Waals surface area contributed by atoms with Gasteiger partial charge in [0.05, 0.1) is 0 Å². The van der Waals surface area contributed by atoms with E-state index in [-0.39, 0.29) is 18.6 Å². The lowest BCUT2D eigenvalue weighted by Gasteiger charge is -2.20. The summed E-state index contributed by atoms with van der Waals surface area (Å²) in [5.74, 6) is -0.718. The predicted octanol–water partition coefficient (Wildman–Crippen LogP) is 3.55. The first-order valence-corrected chi connectivity index (χ1v) is 8.76. The Labute approximate surface area is 141 Å². The molecule has 5 heteroatoms. The van der Waals surface area contributed by atoms with Crippen molar-refractivity contribution in [3.05, 3.63) is 36.0 Å². The van der Waals surface area contributed by atoms with Crippen molar-refractivity contribution in [1.29, 1.82) is 0 Å². The molecule has 0 aliphatic heterocycles. The predicted molar refractivity (Wildman–Crippen MR) is 92.8 cm³/mol. The lowest BCUT2D eigenvalue weighted by Crippen LogP contribution is -2.38. The molecule has 1 aliphatic carbocycles. The zero-order valence-electron chi connectivity index (χ0n) is 13.8. The van der Waals surface area contributed by atoms with Crippen molar-refractivity contribution in [2.45, 2.75) is 51.0 Å². The normalized spacial score (nSPS) is 16.3. The van der Waals surface area contributed by atoms with Crippen molar-refractivity contribution in [3.63, 3.8) is 0 Å². The highest BCUT2D eigenvalue weighted by Gasteiger charge is 2.16. The van der Waals surface area contributed by atoms with Crippen LogP contribution in [0, 0.1) is 0 Å². The summed E-state index contributed by atoms with van der Waals surface area (Å²) in [5, 5.41) is 3.94. The molecule has 0 atom stereocenters. The molecule has 0 radical (unpaired) electrons. The van der Waals surface area contributed by atoms with Crippen molar-refractivity contribution in [2.75, 3.05) is 6.61 Å². The highest BCUT2D eigenvalue weighted by atomic mass is 16.5. The van der Waals surface area contributed by atoms with Gasteiger partial charge in [-0.1, -0.05) is 50.3 Å². The summed E-state index contributed by atoms with van der Waals surface area (Å²) in [6.45, 7) is -0.231. The van der Waals surface area contributed by atoms with Crippen LogP contribution in [0.2, 0.25) is 0 Å². The summed E-state index contributed by atoms with van der Waals surface area (Å²) >= 11 is 0. The smallest absolute Gasteiger partial charge is 0.355 e. The van der Waals surface area contributed by atoms with Gasteiger partial charge >= 0.3 is 5.97 Å². The molecule has 3 rings (SSSR count). The van der Waals surface area contributed by atoms with Crippen molar-refractivity contribution in [2.24, 2.45) is 0 Å². The van der Waals surface area contributed by atoms with Gasteiger partial charge in [0.1, 0.15) is 5.69 Å². The van der Waals surface area contributed by atoms with Gasteiger partial charge in [-0.2, -0.15) is 0 Å². The first-order chi connectivity index (χ1) is 11.7. The maximum absolute atomic E-state index is 12.1. The van der Waals surface area contributed by atoms with Crippen LogP contribution in [0.25, 0.3) is 10.9 Å². The number of aromatic nitrogens is 1. The van der Waals surface area contributed by atoms with Crippen LogP contribution in [-0.4, -0.2) is 29.5 Å². The fourth-order valence-corrected chi connectivity index (χ4v) is 3.26. The van der Waals surface area contributed by atoms with E-state index < -0.39 is 5.97 Å². The highest BCUT2D eigenvalue weighted by molar-refractivity contribution is 5.95. The second-order valence-corrected chi connectivity index (χ2v) is 6.46. The Morgan fingerprint density at radius 3 is 2.54 bits per heavy atom. The second kappa shape index (κ2) is 7.99. The monoisotopic (exact) mass is 328 g/mol. The molecule has 1 amide bonds. The van der Waals surface area contributed by atoms with Crippen LogP contribution in [0.1, 0.15) is 55.4 Å². The number of para-hydroxylation sites is 1. The average Bonchev–Trinajstić information content (AvgIpc) is 2.99. The molecule has 128 valence electrons. The molecule has 5 nitrogen and oxygen atoms in total. The standard InChI is InChI=1S/C19H24N2O3/c22-18(20-15-9-4-2-1-3-5-10-15)13-24-19(23)17-12-14-8-6-7-11-16(14)21-17/h6-8,11-12,15,21H,1-5,9-10,13H2,(H,20,22). The largest absolute Gasteiger partial charge is 0.451 e. The summed E-state index contributed by atoms with van der Waals surface area (Å²) in [6, 6.07) is 9.58. The summed E-state index contributed by atoms with van der Waals surface area (Å²) < 4.78 is 5.13. The van der Waals surface area contributed by atoms with E-state index in [0.717, 1.165) is 36.6 Å². The Morgan fingerprint density at radius 2 is 1.79 bits per heavy atom. The lowest BCUT2D eigenvalue weighted by atomic mass is 9.97. The Balaban J connectivity index is 1.49. The van der Waals surface area contributed by atoms with Gasteiger partial charge in [0.2, 0.25) is 0 Å². The third-order valence-corrected chi connectivity index (χ3v) is 4.55. The molecule has 1 fully saturated rings. The van der Waals surface area contributed by atoms with Crippen LogP contribution >= 0.6 is 0 Å². The number of ether oxygens (including phenoxy) is 1. The van der Waals surface area contributed by atoms with Gasteiger partial charge in [-0.05, 0) is 25.0 Å². The first-order valence-electron chi connectivity index (χ1n) is 8.76. The van der Waals surface area contributed by atoms with E-state index in [2.05, 4.69) is 10.3 Å². The first kappa shape index (κ1) is 16.6. The fraction of sp³-hybridized carbons (Fsp3) is 0.474. The zero-order valence-corrected chi connectivity index (χ0v) is 13.8. The molecule has 2 N–H and O–H groups in total. The van der Waals surface area contributed by atoms with Crippen molar-refractivity contribution in [3.8, 4) is 0 Å². The minimum absolute atomic E-state index is 0.213. The molecule has 2 aromatic rings. The molecule has 1 heterocycles. The quantitative estimate of drug-likeness (QED) is 0.843. The maximum atomic E-state index is 12.1. The van der Waals surface area contributed by atoms with Crippen LogP contribution in [0.4, 0.5) is 0 Å². The van der Waals surface area contributed by atoms with Crippen molar-refractivity contribution >= 4 is 22.8 Å². The Kier molecular flexibility index (Phi) is 5.51. The van der Waals surface area contributed by atoms with Crippen molar-refractivity contribution < 1.29 is 14.3 Å². The number of H-pyrrole nitrogens is 1. The van der Waals surface area contributed by atoms with E-state index in [4.69, 9.17) is 4.74 Å². The van der Waals surface area contributed by atoms with Gasteiger partial charge in [0, 0.05) is 16.9 Å². The van der Waals surface area contributed by atoms with Gasteiger partial charge in [0.25, 0.3) is 5.91 Å². The van der Waals surface area contributed by atoms with Gasteiger partial charge in [-0.15, -0.1) is 0 Å². The van der Waals surface area contributed by atoms with Gasteiger partial charge in [0.15, 0.2) is 6.61 Å². The van der Waals surface area contributed by atoms with E-state index >= 15 is 0 Å². The molecule has 1 aromatic carbocycles. The third-order valence-electron chi connectivity index (χ3n) is 4.55. The molecular weight excluding hydrogens is 304 g/mol. The topological polar surface area (TPSA) is 71.2 Å². The van der Waals surface area contributed by atoms with Gasteiger partial charge in [-0.25, -0.2) is 4.79 Å². The van der Waals surface area contributed by atoms with Crippen LogP contribution in [-0.2, 0) is 9.53 Å². The second-order valence-electron chi connectivity index (χ2n) is 6.46. The number of carbonyl (C=O) groups excluding carboxylic acids is 2. The molecule has 24 heavy (non-hydrogen) atoms. The maximum Gasteiger partial charge on any atom is 0.355 e. The average molecular weight is 328 g/mol. The third kappa shape index (κ3) is 4.37. The molecular formula is C19H24N2O3. The molecule has 0 bridgehead atoms. The Morgan fingerprint density at radius 1 is 1.08 bits per heavy atom. The molecule has 0 unspecified atom stereocenters. The summed E-state index contributed by atoms with van der Waals surface area (Å²) in [6.07, 6.45) is 8.11. The molecule has 1 saturated carbocycles. The molecule has 0 spiro atoms. The van der Waals surface area contributed by atoms with Crippen molar-refractivity contribution in [1.82, 2.24) is 10.3 Å². The molecule has 1 aliphatic rings. The van der Waals surface area contributed by atoms with E-state index in [1.54, 1.807) is 6.07 Å². The zero-order chi connectivity index (χ0) is 16.8. The number of esters is 1. The number of carbonyl (C=O) groups is 2. The lowest BCUT2D eigenvalue weighted by molar-refractivity contribution is -0.125. The van der Waals surface area contributed by atoms with Crippen LogP contribution in [0.15, 0.2) is 30.3 Å². The van der Waals surface area contributed by atoms with Gasteiger partial charge in [-0.3, -0.25) is 4.79 Å². The Bertz CT molecular complexity index is 666. The number of hydrogen-bond donors (Lipinski definition) is 2. The van der Waals surface area contributed by atoms with E-state index in [0.29, 0.717) is 5.69 Å². The van der Waals surface area contributed by atoms with E-state index in [9.17, 15) is 9.59 Å².